The Hall–Kier alpha value is -1.76. The quantitative estimate of drug-likeness (QED) is 0.832. The van der Waals surface area contributed by atoms with Crippen LogP contribution in [0.4, 0.5) is 0 Å². The van der Waals surface area contributed by atoms with Crippen molar-refractivity contribution in [2.24, 2.45) is 0 Å². The van der Waals surface area contributed by atoms with E-state index in [9.17, 15) is 0 Å². The SMILES string of the molecule is CC(c1nnc(-c2ccccc2)o1)N1CCN(CC2CCCO2)CC1. The van der Waals surface area contributed by atoms with Gasteiger partial charge in [0, 0.05) is 44.9 Å². The number of nitrogens with zero attached hydrogens (tertiary/aromatic N) is 4. The molecule has 2 fully saturated rings. The lowest BCUT2D eigenvalue weighted by Crippen LogP contribution is -2.49. The van der Waals surface area contributed by atoms with Crippen LogP contribution in [0, 0.1) is 0 Å². The summed E-state index contributed by atoms with van der Waals surface area (Å²) in [6, 6.07) is 10.1. The summed E-state index contributed by atoms with van der Waals surface area (Å²) in [5.74, 6) is 1.30. The zero-order valence-corrected chi connectivity index (χ0v) is 14.8. The van der Waals surface area contributed by atoms with Crippen molar-refractivity contribution in [1.29, 1.82) is 0 Å². The van der Waals surface area contributed by atoms with Crippen LogP contribution in [0.2, 0.25) is 0 Å². The predicted octanol–water partition coefficient (Wildman–Crippen LogP) is 2.59. The first-order chi connectivity index (χ1) is 12.3. The molecule has 2 atom stereocenters. The molecular formula is C19H26N4O2. The fourth-order valence-electron chi connectivity index (χ4n) is 3.67. The molecule has 6 nitrogen and oxygen atoms in total. The van der Waals surface area contributed by atoms with Gasteiger partial charge in [0.1, 0.15) is 0 Å². The lowest BCUT2D eigenvalue weighted by atomic mass is 10.2. The number of hydrogen-bond acceptors (Lipinski definition) is 6. The summed E-state index contributed by atoms with van der Waals surface area (Å²) in [7, 11) is 0. The zero-order valence-electron chi connectivity index (χ0n) is 14.8. The first-order valence-corrected chi connectivity index (χ1v) is 9.26. The third kappa shape index (κ3) is 3.92. The minimum absolute atomic E-state index is 0.148. The standard InChI is InChI=1S/C19H26N4O2/c1-15(18-20-21-19(25-18)16-6-3-2-4-7-16)23-11-9-22(10-12-23)14-17-8-5-13-24-17/h2-4,6-7,15,17H,5,8-14H2,1H3. The summed E-state index contributed by atoms with van der Waals surface area (Å²) >= 11 is 0. The molecule has 6 heteroatoms. The average molecular weight is 342 g/mol. The summed E-state index contributed by atoms with van der Waals surface area (Å²) < 4.78 is 11.7. The fraction of sp³-hybridized carbons (Fsp3) is 0.579. The van der Waals surface area contributed by atoms with Crippen molar-refractivity contribution in [3.8, 4) is 11.5 Å². The third-order valence-electron chi connectivity index (χ3n) is 5.26. The van der Waals surface area contributed by atoms with Gasteiger partial charge in [-0.05, 0) is 31.9 Å². The van der Waals surface area contributed by atoms with Crippen molar-refractivity contribution in [1.82, 2.24) is 20.0 Å². The van der Waals surface area contributed by atoms with Gasteiger partial charge in [-0.15, -0.1) is 10.2 Å². The van der Waals surface area contributed by atoms with E-state index in [2.05, 4.69) is 26.9 Å². The molecule has 0 N–H and O–H groups in total. The molecule has 2 aromatic rings. The first-order valence-electron chi connectivity index (χ1n) is 9.26. The number of rotatable bonds is 5. The molecule has 2 unspecified atom stereocenters. The molecule has 0 aliphatic carbocycles. The van der Waals surface area contributed by atoms with E-state index in [0.29, 0.717) is 17.9 Å². The highest BCUT2D eigenvalue weighted by Gasteiger charge is 2.27. The van der Waals surface area contributed by atoms with Crippen LogP contribution in [-0.2, 0) is 4.74 Å². The maximum Gasteiger partial charge on any atom is 0.247 e. The van der Waals surface area contributed by atoms with Crippen molar-refractivity contribution in [2.75, 3.05) is 39.3 Å². The second-order valence-electron chi connectivity index (χ2n) is 6.96. The van der Waals surface area contributed by atoms with Gasteiger partial charge in [-0.3, -0.25) is 9.80 Å². The minimum atomic E-state index is 0.148. The molecule has 3 heterocycles. The van der Waals surface area contributed by atoms with Gasteiger partial charge in [0.05, 0.1) is 12.1 Å². The Morgan fingerprint density at radius 1 is 1.12 bits per heavy atom. The molecule has 4 rings (SSSR count). The van der Waals surface area contributed by atoms with Gasteiger partial charge >= 0.3 is 0 Å². The van der Waals surface area contributed by atoms with E-state index in [-0.39, 0.29) is 6.04 Å². The van der Waals surface area contributed by atoms with E-state index in [4.69, 9.17) is 9.15 Å². The van der Waals surface area contributed by atoms with Crippen molar-refractivity contribution < 1.29 is 9.15 Å². The first kappa shape index (κ1) is 16.7. The van der Waals surface area contributed by atoms with Crippen molar-refractivity contribution in [2.45, 2.75) is 31.9 Å². The van der Waals surface area contributed by atoms with Crippen LogP contribution < -0.4 is 0 Å². The molecular weight excluding hydrogens is 316 g/mol. The average Bonchev–Trinajstić information content (AvgIpc) is 3.34. The molecule has 25 heavy (non-hydrogen) atoms. The predicted molar refractivity (Wildman–Crippen MR) is 95.1 cm³/mol. The summed E-state index contributed by atoms with van der Waals surface area (Å²) in [5.41, 5.74) is 0.967. The van der Waals surface area contributed by atoms with E-state index in [1.54, 1.807) is 0 Å². The van der Waals surface area contributed by atoms with Gasteiger partial charge in [0.2, 0.25) is 11.8 Å². The topological polar surface area (TPSA) is 54.6 Å². The van der Waals surface area contributed by atoms with Crippen LogP contribution in [0.5, 0.6) is 0 Å². The normalized spacial score (nSPS) is 23.8. The van der Waals surface area contributed by atoms with Crippen molar-refractivity contribution in [3.63, 3.8) is 0 Å². The molecule has 0 radical (unpaired) electrons. The van der Waals surface area contributed by atoms with Gasteiger partial charge in [-0.2, -0.15) is 0 Å². The Balaban J connectivity index is 1.33. The highest BCUT2D eigenvalue weighted by atomic mass is 16.5. The van der Waals surface area contributed by atoms with Gasteiger partial charge < -0.3 is 9.15 Å². The van der Waals surface area contributed by atoms with Crippen LogP contribution in [0.1, 0.15) is 31.7 Å². The molecule has 0 saturated carbocycles. The molecule has 0 spiro atoms. The van der Waals surface area contributed by atoms with E-state index < -0.39 is 0 Å². The number of aromatic nitrogens is 2. The molecule has 1 aromatic carbocycles. The van der Waals surface area contributed by atoms with Crippen LogP contribution >= 0.6 is 0 Å². The van der Waals surface area contributed by atoms with E-state index >= 15 is 0 Å². The molecule has 0 bridgehead atoms. The van der Waals surface area contributed by atoms with Crippen molar-refractivity contribution >= 4 is 0 Å². The number of piperazine rings is 1. The molecule has 0 amide bonds. The van der Waals surface area contributed by atoms with Crippen LogP contribution in [0.15, 0.2) is 34.7 Å². The largest absolute Gasteiger partial charge is 0.419 e. The van der Waals surface area contributed by atoms with Gasteiger partial charge in [-0.25, -0.2) is 0 Å². The van der Waals surface area contributed by atoms with E-state index in [1.165, 1.54) is 12.8 Å². The van der Waals surface area contributed by atoms with Crippen LogP contribution in [0.3, 0.4) is 0 Å². The lowest BCUT2D eigenvalue weighted by molar-refractivity contribution is 0.0388. The Labute approximate surface area is 148 Å². The van der Waals surface area contributed by atoms with E-state index in [1.807, 2.05) is 30.3 Å². The second-order valence-corrected chi connectivity index (χ2v) is 6.96. The maximum atomic E-state index is 5.92. The van der Waals surface area contributed by atoms with Gasteiger partial charge in [0.15, 0.2) is 0 Å². The highest BCUT2D eigenvalue weighted by Crippen LogP contribution is 2.25. The zero-order chi connectivity index (χ0) is 17.1. The van der Waals surface area contributed by atoms with E-state index in [0.717, 1.165) is 44.9 Å². The Morgan fingerprint density at radius 2 is 1.92 bits per heavy atom. The second kappa shape index (κ2) is 7.64. The lowest BCUT2D eigenvalue weighted by Gasteiger charge is -2.37. The number of hydrogen-bond donors (Lipinski definition) is 0. The third-order valence-corrected chi connectivity index (χ3v) is 5.26. The van der Waals surface area contributed by atoms with Gasteiger partial charge in [0.25, 0.3) is 0 Å². The summed E-state index contributed by atoms with van der Waals surface area (Å²) in [4.78, 5) is 4.94. The monoisotopic (exact) mass is 342 g/mol. The Morgan fingerprint density at radius 3 is 2.64 bits per heavy atom. The number of benzene rings is 1. The molecule has 134 valence electrons. The van der Waals surface area contributed by atoms with Crippen LogP contribution in [0.25, 0.3) is 11.5 Å². The molecule has 2 aliphatic heterocycles. The summed E-state index contributed by atoms with van der Waals surface area (Å²) in [6.07, 6.45) is 2.86. The molecule has 1 aromatic heterocycles. The maximum absolute atomic E-state index is 5.92. The fourth-order valence-corrected chi connectivity index (χ4v) is 3.67. The van der Waals surface area contributed by atoms with Crippen LogP contribution in [-0.4, -0.2) is 65.4 Å². The number of ether oxygens (including phenoxy) is 1. The smallest absolute Gasteiger partial charge is 0.247 e. The Bertz CT molecular complexity index is 661. The highest BCUT2D eigenvalue weighted by molar-refractivity contribution is 5.51. The summed E-state index contributed by atoms with van der Waals surface area (Å²) in [6.45, 7) is 8.35. The molecule has 2 saturated heterocycles. The molecule has 2 aliphatic rings. The Kier molecular flexibility index (Phi) is 5.10. The summed E-state index contributed by atoms with van der Waals surface area (Å²) in [5, 5.41) is 8.49. The minimum Gasteiger partial charge on any atom is -0.419 e. The van der Waals surface area contributed by atoms with Crippen molar-refractivity contribution in [3.05, 3.63) is 36.2 Å². The van der Waals surface area contributed by atoms with Gasteiger partial charge in [-0.1, -0.05) is 18.2 Å².